The Kier molecular flexibility index (Phi) is 2.63. The molecule has 6 heteroatoms. The SMILES string of the molecule is Cc1ccc(C(=NO)c2nnnn2C)cc1. The number of benzene rings is 1. The highest BCUT2D eigenvalue weighted by atomic mass is 16.4. The van der Waals surface area contributed by atoms with Gasteiger partial charge in [0.1, 0.15) is 0 Å². The third-order valence-corrected chi connectivity index (χ3v) is 2.26. The van der Waals surface area contributed by atoms with E-state index in [1.54, 1.807) is 7.05 Å². The Morgan fingerprint density at radius 1 is 1.31 bits per heavy atom. The quantitative estimate of drug-likeness (QED) is 0.457. The van der Waals surface area contributed by atoms with Crippen LogP contribution in [-0.4, -0.2) is 31.1 Å². The van der Waals surface area contributed by atoms with E-state index in [0.29, 0.717) is 11.5 Å². The van der Waals surface area contributed by atoms with E-state index in [4.69, 9.17) is 5.21 Å². The number of rotatable bonds is 2. The van der Waals surface area contributed by atoms with Gasteiger partial charge in [-0.2, -0.15) is 0 Å². The molecule has 2 rings (SSSR count). The van der Waals surface area contributed by atoms with E-state index in [-0.39, 0.29) is 0 Å². The maximum Gasteiger partial charge on any atom is 0.204 e. The van der Waals surface area contributed by atoms with E-state index in [1.165, 1.54) is 4.68 Å². The predicted molar refractivity (Wildman–Crippen MR) is 57.4 cm³/mol. The smallest absolute Gasteiger partial charge is 0.204 e. The van der Waals surface area contributed by atoms with Crippen LogP contribution in [0.3, 0.4) is 0 Å². The summed E-state index contributed by atoms with van der Waals surface area (Å²) in [5.74, 6) is 0.423. The maximum atomic E-state index is 9.02. The van der Waals surface area contributed by atoms with E-state index in [9.17, 15) is 0 Å². The Morgan fingerprint density at radius 3 is 2.50 bits per heavy atom. The maximum absolute atomic E-state index is 9.02. The molecule has 0 aliphatic rings. The highest BCUT2D eigenvalue weighted by Gasteiger charge is 2.13. The summed E-state index contributed by atoms with van der Waals surface area (Å²) in [5, 5.41) is 23.3. The van der Waals surface area contributed by atoms with Crippen molar-refractivity contribution in [3.63, 3.8) is 0 Å². The number of tetrazole rings is 1. The molecule has 6 nitrogen and oxygen atoms in total. The van der Waals surface area contributed by atoms with E-state index in [1.807, 2.05) is 31.2 Å². The number of aryl methyl sites for hydroxylation is 2. The van der Waals surface area contributed by atoms with Crippen LogP contribution in [0.1, 0.15) is 17.0 Å². The van der Waals surface area contributed by atoms with Crippen molar-refractivity contribution < 1.29 is 5.21 Å². The van der Waals surface area contributed by atoms with Crippen molar-refractivity contribution in [3.05, 3.63) is 41.2 Å². The number of nitrogens with zero attached hydrogens (tertiary/aromatic N) is 5. The molecule has 0 aliphatic heterocycles. The molecule has 0 saturated heterocycles. The van der Waals surface area contributed by atoms with Crippen LogP contribution in [0.2, 0.25) is 0 Å². The van der Waals surface area contributed by atoms with Gasteiger partial charge < -0.3 is 5.21 Å². The Balaban J connectivity index is 2.46. The summed E-state index contributed by atoms with van der Waals surface area (Å²) < 4.78 is 1.45. The third-order valence-electron chi connectivity index (χ3n) is 2.26. The lowest BCUT2D eigenvalue weighted by atomic mass is 10.1. The molecule has 0 amide bonds. The molecular formula is C10H11N5O. The lowest BCUT2D eigenvalue weighted by Gasteiger charge is -2.02. The van der Waals surface area contributed by atoms with Crippen LogP contribution in [0.25, 0.3) is 0 Å². The second-order valence-corrected chi connectivity index (χ2v) is 3.44. The zero-order valence-electron chi connectivity index (χ0n) is 8.99. The summed E-state index contributed by atoms with van der Waals surface area (Å²) in [6.45, 7) is 1.99. The molecule has 82 valence electrons. The zero-order valence-corrected chi connectivity index (χ0v) is 8.99. The molecule has 0 bridgehead atoms. The van der Waals surface area contributed by atoms with Gasteiger partial charge in [-0.15, -0.1) is 5.10 Å². The van der Waals surface area contributed by atoms with Crippen molar-refractivity contribution in [1.29, 1.82) is 0 Å². The molecular weight excluding hydrogens is 206 g/mol. The fraction of sp³-hybridized carbons (Fsp3) is 0.200. The number of oxime groups is 1. The minimum Gasteiger partial charge on any atom is -0.410 e. The second-order valence-electron chi connectivity index (χ2n) is 3.44. The number of aromatic nitrogens is 4. The van der Waals surface area contributed by atoms with Gasteiger partial charge in [0, 0.05) is 12.6 Å². The van der Waals surface area contributed by atoms with E-state index in [2.05, 4.69) is 20.7 Å². The van der Waals surface area contributed by atoms with Gasteiger partial charge in [-0.05, 0) is 17.4 Å². The molecule has 2 aromatic rings. The first kappa shape index (κ1) is 10.3. The number of hydrogen-bond acceptors (Lipinski definition) is 5. The van der Waals surface area contributed by atoms with Gasteiger partial charge in [-0.3, -0.25) is 0 Å². The van der Waals surface area contributed by atoms with Crippen molar-refractivity contribution in [3.8, 4) is 0 Å². The fourth-order valence-corrected chi connectivity index (χ4v) is 1.37. The van der Waals surface area contributed by atoms with Gasteiger partial charge in [0.05, 0.1) is 0 Å². The average Bonchev–Trinajstić information content (AvgIpc) is 2.69. The molecule has 0 fully saturated rings. The number of hydrogen-bond donors (Lipinski definition) is 1. The molecule has 0 radical (unpaired) electrons. The molecule has 16 heavy (non-hydrogen) atoms. The third kappa shape index (κ3) is 1.77. The first-order valence-electron chi connectivity index (χ1n) is 4.74. The van der Waals surface area contributed by atoms with Crippen LogP contribution >= 0.6 is 0 Å². The largest absolute Gasteiger partial charge is 0.410 e. The van der Waals surface area contributed by atoms with Gasteiger partial charge >= 0.3 is 0 Å². The lowest BCUT2D eigenvalue weighted by molar-refractivity contribution is 0.319. The normalized spacial score (nSPS) is 11.8. The van der Waals surface area contributed by atoms with E-state index < -0.39 is 0 Å². The standard InChI is InChI=1S/C10H11N5O/c1-7-3-5-8(6-4-7)9(12-16)10-11-13-14-15(10)2/h3-6,16H,1-2H3. The summed E-state index contributed by atoms with van der Waals surface area (Å²) in [4.78, 5) is 0. The minimum atomic E-state index is 0.354. The van der Waals surface area contributed by atoms with E-state index >= 15 is 0 Å². The zero-order chi connectivity index (χ0) is 11.5. The molecule has 0 aliphatic carbocycles. The van der Waals surface area contributed by atoms with Gasteiger partial charge in [0.25, 0.3) is 0 Å². The van der Waals surface area contributed by atoms with Crippen LogP contribution in [0.4, 0.5) is 0 Å². The van der Waals surface area contributed by atoms with Gasteiger partial charge in [0.15, 0.2) is 5.71 Å². The van der Waals surface area contributed by atoms with Gasteiger partial charge in [0.2, 0.25) is 5.82 Å². The van der Waals surface area contributed by atoms with Crippen LogP contribution in [0.5, 0.6) is 0 Å². The summed E-state index contributed by atoms with van der Waals surface area (Å²) in [5.41, 5.74) is 2.26. The topological polar surface area (TPSA) is 76.2 Å². The van der Waals surface area contributed by atoms with Crippen molar-refractivity contribution >= 4 is 5.71 Å². The van der Waals surface area contributed by atoms with Crippen LogP contribution in [-0.2, 0) is 7.05 Å². The highest BCUT2D eigenvalue weighted by Crippen LogP contribution is 2.08. The highest BCUT2D eigenvalue weighted by molar-refractivity contribution is 6.10. The van der Waals surface area contributed by atoms with Crippen LogP contribution < -0.4 is 0 Å². The van der Waals surface area contributed by atoms with Crippen molar-refractivity contribution in [2.24, 2.45) is 12.2 Å². The Labute approximate surface area is 92.2 Å². The second kappa shape index (κ2) is 4.09. The molecule has 1 N–H and O–H groups in total. The first-order chi connectivity index (χ1) is 7.72. The van der Waals surface area contributed by atoms with Crippen molar-refractivity contribution in [1.82, 2.24) is 20.2 Å². The molecule has 0 unspecified atom stereocenters. The predicted octanol–water partition coefficient (Wildman–Crippen LogP) is 0.745. The molecule has 0 saturated carbocycles. The van der Waals surface area contributed by atoms with Gasteiger partial charge in [-0.1, -0.05) is 35.0 Å². The first-order valence-corrected chi connectivity index (χ1v) is 4.74. The van der Waals surface area contributed by atoms with E-state index in [0.717, 1.165) is 11.1 Å². The molecule has 1 heterocycles. The minimum absolute atomic E-state index is 0.354. The van der Waals surface area contributed by atoms with Crippen LogP contribution in [0.15, 0.2) is 29.4 Å². The molecule has 0 spiro atoms. The summed E-state index contributed by atoms with van der Waals surface area (Å²) in [6, 6.07) is 7.59. The molecule has 1 aromatic heterocycles. The monoisotopic (exact) mass is 217 g/mol. The Bertz CT molecular complexity index is 514. The van der Waals surface area contributed by atoms with Gasteiger partial charge in [-0.25, -0.2) is 4.68 Å². The lowest BCUT2D eigenvalue weighted by Crippen LogP contribution is -2.11. The Hall–Kier alpha value is -2.24. The molecule has 1 aromatic carbocycles. The fourth-order valence-electron chi connectivity index (χ4n) is 1.37. The summed E-state index contributed by atoms with van der Waals surface area (Å²) in [6.07, 6.45) is 0. The van der Waals surface area contributed by atoms with Crippen molar-refractivity contribution in [2.75, 3.05) is 0 Å². The average molecular weight is 217 g/mol. The van der Waals surface area contributed by atoms with Crippen LogP contribution in [0, 0.1) is 6.92 Å². The molecule has 0 atom stereocenters. The van der Waals surface area contributed by atoms with Crippen molar-refractivity contribution in [2.45, 2.75) is 6.92 Å². The summed E-state index contributed by atoms with van der Waals surface area (Å²) in [7, 11) is 1.69. The Morgan fingerprint density at radius 2 is 2.00 bits per heavy atom. The summed E-state index contributed by atoms with van der Waals surface area (Å²) >= 11 is 0.